The van der Waals surface area contributed by atoms with Gasteiger partial charge in [0.05, 0.1) is 6.07 Å². The van der Waals surface area contributed by atoms with Crippen LogP contribution in [0.5, 0.6) is 0 Å². The van der Waals surface area contributed by atoms with Crippen LogP contribution in [0.15, 0.2) is 0 Å². The summed E-state index contributed by atoms with van der Waals surface area (Å²) in [6, 6.07) is 1.43. The minimum absolute atomic E-state index is 0.0405. The molecule has 1 N–H and O–H groups in total. The molecule has 0 saturated carbocycles. The Morgan fingerprint density at radius 2 is 2.07 bits per heavy atom. The van der Waals surface area contributed by atoms with Crippen LogP contribution < -0.4 is 4.89 Å². The van der Waals surface area contributed by atoms with Crippen molar-refractivity contribution in [1.82, 2.24) is 4.89 Å². The Morgan fingerprint density at radius 1 is 1.53 bits per heavy atom. The van der Waals surface area contributed by atoms with E-state index in [0.29, 0.717) is 0 Å². The van der Waals surface area contributed by atoms with E-state index < -0.39 is 28.1 Å². The summed E-state index contributed by atoms with van der Waals surface area (Å²) in [4.78, 5) is 4.98. The molecule has 15 heavy (non-hydrogen) atoms. The molecule has 0 saturated heterocycles. The molecule has 9 heteroatoms. The van der Waals surface area contributed by atoms with Crippen molar-refractivity contribution in [1.29, 1.82) is 5.26 Å². The summed E-state index contributed by atoms with van der Waals surface area (Å²) in [6.07, 6.45) is -4.67. The van der Waals surface area contributed by atoms with Gasteiger partial charge in [-0.1, -0.05) is 11.8 Å². The van der Waals surface area contributed by atoms with Crippen molar-refractivity contribution >= 4 is 10.0 Å². The second-order valence-corrected chi connectivity index (χ2v) is 4.38. The maximum atomic E-state index is 11.6. The Kier molecular flexibility index (Phi) is 4.99. The highest BCUT2D eigenvalue weighted by Crippen LogP contribution is 2.14. The second-order valence-electron chi connectivity index (χ2n) is 2.56. The van der Waals surface area contributed by atoms with E-state index in [1.165, 1.54) is 17.9 Å². The van der Waals surface area contributed by atoms with Crippen LogP contribution in [-0.2, 0) is 14.9 Å². The lowest BCUT2D eigenvalue weighted by molar-refractivity contribution is -0.181. The van der Waals surface area contributed by atoms with E-state index in [1.807, 2.05) is 0 Å². The van der Waals surface area contributed by atoms with E-state index >= 15 is 0 Å². The van der Waals surface area contributed by atoms with E-state index in [1.54, 1.807) is 0 Å². The number of halogens is 3. The van der Waals surface area contributed by atoms with Crippen LogP contribution in [0.25, 0.3) is 0 Å². The van der Waals surface area contributed by atoms with Gasteiger partial charge in [-0.2, -0.15) is 18.4 Å². The van der Waals surface area contributed by atoms with E-state index in [-0.39, 0.29) is 6.42 Å². The maximum Gasteiger partial charge on any atom is 0.413 e. The van der Waals surface area contributed by atoms with Crippen LogP contribution in [0.1, 0.15) is 13.3 Å². The third-order valence-electron chi connectivity index (χ3n) is 1.30. The molecule has 0 aromatic carbocycles. The molecule has 0 heterocycles. The largest absolute Gasteiger partial charge is 0.413 e. The molecule has 0 rings (SSSR count). The molecule has 0 radical (unpaired) electrons. The zero-order valence-corrected chi connectivity index (χ0v) is 8.52. The standard InChI is InChI=1S/C6H9F3N2O3S/c1-2-5(3-10)15(12,13)11-14-4-6(7,8)9/h5,11H,2,4H2,1H3. The van der Waals surface area contributed by atoms with Gasteiger partial charge in [0.15, 0.2) is 11.9 Å². The van der Waals surface area contributed by atoms with Crippen LogP contribution in [0, 0.1) is 11.3 Å². The first-order valence-electron chi connectivity index (χ1n) is 3.81. The van der Waals surface area contributed by atoms with E-state index in [2.05, 4.69) is 4.84 Å². The second kappa shape index (κ2) is 5.29. The average molecular weight is 246 g/mol. The normalized spacial score (nSPS) is 14.6. The number of rotatable bonds is 5. The fraction of sp³-hybridized carbons (Fsp3) is 0.833. The lowest BCUT2D eigenvalue weighted by atomic mass is 10.4. The van der Waals surface area contributed by atoms with Gasteiger partial charge in [-0.3, -0.25) is 4.84 Å². The van der Waals surface area contributed by atoms with Gasteiger partial charge in [0.1, 0.15) is 0 Å². The predicted molar refractivity (Wildman–Crippen MR) is 43.8 cm³/mol. The molecule has 0 amide bonds. The van der Waals surface area contributed by atoms with Crippen LogP contribution >= 0.6 is 0 Å². The van der Waals surface area contributed by atoms with Crippen molar-refractivity contribution in [2.75, 3.05) is 6.61 Å². The average Bonchev–Trinajstić information content (AvgIpc) is 2.02. The van der Waals surface area contributed by atoms with E-state index in [4.69, 9.17) is 5.26 Å². The van der Waals surface area contributed by atoms with Crippen LogP contribution in [-0.4, -0.2) is 26.5 Å². The van der Waals surface area contributed by atoms with Gasteiger partial charge in [0, 0.05) is 0 Å². The number of alkyl halides is 3. The molecule has 5 nitrogen and oxygen atoms in total. The monoisotopic (exact) mass is 246 g/mol. The van der Waals surface area contributed by atoms with Gasteiger partial charge in [0.2, 0.25) is 10.0 Å². The lowest BCUT2D eigenvalue weighted by Gasteiger charge is -2.11. The number of nitrogens with zero attached hydrogens (tertiary/aromatic N) is 1. The first kappa shape index (κ1) is 14.2. The van der Waals surface area contributed by atoms with E-state index in [9.17, 15) is 21.6 Å². The number of sulfonamides is 1. The summed E-state index contributed by atoms with van der Waals surface area (Å²) < 4.78 is 56.8. The van der Waals surface area contributed by atoms with Crippen LogP contribution in [0.4, 0.5) is 13.2 Å². The van der Waals surface area contributed by atoms with Crippen LogP contribution in [0.3, 0.4) is 0 Å². The summed E-state index contributed by atoms with van der Waals surface area (Å²) >= 11 is 0. The lowest BCUT2D eigenvalue weighted by Crippen LogP contribution is -2.35. The van der Waals surface area contributed by atoms with Gasteiger partial charge in [-0.15, -0.1) is 0 Å². The topological polar surface area (TPSA) is 79.2 Å². The Hall–Kier alpha value is -0.850. The highest BCUT2D eigenvalue weighted by atomic mass is 32.2. The SMILES string of the molecule is CCC(C#N)S(=O)(=O)NOCC(F)(F)F. The summed E-state index contributed by atoms with van der Waals surface area (Å²) in [7, 11) is -4.18. The Bertz CT molecular complexity index is 333. The van der Waals surface area contributed by atoms with Crippen molar-refractivity contribution in [2.24, 2.45) is 0 Å². The highest BCUT2D eigenvalue weighted by Gasteiger charge is 2.30. The molecule has 0 fully saturated rings. The molecule has 0 aromatic heterocycles. The van der Waals surface area contributed by atoms with Crippen molar-refractivity contribution < 1.29 is 26.4 Å². The van der Waals surface area contributed by atoms with Gasteiger partial charge in [-0.05, 0) is 6.42 Å². The summed E-state index contributed by atoms with van der Waals surface area (Å²) in [5.41, 5.74) is 0. The number of hydrogen-bond acceptors (Lipinski definition) is 4. The molecular weight excluding hydrogens is 237 g/mol. The van der Waals surface area contributed by atoms with Gasteiger partial charge in [-0.25, -0.2) is 8.42 Å². The third kappa shape index (κ3) is 5.56. The van der Waals surface area contributed by atoms with Crippen molar-refractivity contribution in [3.05, 3.63) is 0 Å². The smallest absolute Gasteiger partial charge is 0.278 e. The molecular formula is C6H9F3N2O3S. The zero-order chi connectivity index (χ0) is 12.1. The fourth-order valence-electron chi connectivity index (χ4n) is 0.632. The molecule has 0 aliphatic heterocycles. The molecule has 0 aliphatic carbocycles. The quantitative estimate of drug-likeness (QED) is 0.724. The van der Waals surface area contributed by atoms with Crippen LogP contribution in [0.2, 0.25) is 0 Å². The Morgan fingerprint density at radius 3 is 2.40 bits per heavy atom. The Balaban J connectivity index is 4.24. The first-order chi connectivity index (χ1) is 6.73. The van der Waals surface area contributed by atoms with Crippen molar-refractivity contribution in [2.45, 2.75) is 24.8 Å². The minimum atomic E-state index is -4.63. The zero-order valence-electron chi connectivity index (χ0n) is 7.71. The van der Waals surface area contributed by atoms with E-state index in [0.717, 1.165) is 0 Å². The summed E-state index contributed by atoms with van der Waals surface area (Å²) in [5, 5.41) is 6.95. The number of nitriles is 1. The molecule has 1 unspecified atom stereocenters. The van der Waals surface area contributed by atoms with Crippen molar-refractivity contribution in [3.8, 4) is 6.07 Å². The van der Waals surface area contributed by atoms with Crippen molar-refractivity contribution in [3.63, 3.8) is 0 Å². The first-order valence-corrected chi connectivity index (χ1v) is 5.36. The summed E-state index contributed by atoms with van der Waals surface area (Å²) in [6.45, 7) is -0.328. The highest BCUT2D eigenvalue weighted by molar-refractivity contribution is 7.90. The number of hydrogen-bond donors (Lipinski definition) is 1. The molecule has 0 aromatic rings. The molecule has 1 atom stereocenters. The van der Waals surface area contributed by atoms with Gasteiger partial charge < -0.3 is 0 Å². The molecule has 0 bridgehead atoms. The predicted octanol–water partition coefficient (Wildman–Crippen LogP) is 0.702. The van der Waals surface area contributed by atoms with Gasteiger partial charge in [0.25, 0.3) is 0 Å². The fourth-order valence-corrected chi connectivity index (χ4v) is 1.55. The van der Waals surface area contributed by atoms with Gasteiger partial charge >= 0.3 is 6.18 Å². The molecule has 0 spiro atoms. The molecule has 0 aliphatic rings. The Labute approximate surface area is 84.8 Å². The molecule has 88 valence electrons. The maximum absolute atomic E-state index is 11.6. The summed E-state index contributed by atoms with van der Waals surface area (Å²) in [5.74, 6) is 0. The third-order valence-corrected chi connectivity index (χ3v) is 2.84. The minimum Gasteiger partial charge on any atom is -0.278 e. The number of nitrogens with one attached hydrogen (secondary N) is 1.